The van der Waals surface area contributed by atoms with E-state index in [2.05, 4.69) is 4.98 Å². The molecule has 0 radical (unpaired) electrons. The van der Waals surface area contributed by atoms with Crippen molar-refractivity contribution in [1.29, 1.82) is 0 Å². The van der Waals surface area contributed by atoms with Gasteiger partial charge in [-0.3, -0.25) is 9.59 Å². The number of carbonyl (C=O) groups is 2. The van der Waals surface area contributed by atoms with Crippen molar-refractivity contribution in [2.75, 3.05) is 0 Å². The topological polar surface area (TPSA) is 65.5 Å². The molecule has 0 aliphatic carbocycles. The first-order valence-electron chi connectivity index (χ1n) is 7.01. The normalized spacial score (nSPS) is 10.6. The molecule has 0 aliphatic rings. The molecular weight excluding hydrogens is 350 g/mol. The summed E-state index contributed by atoms with van der Waals surface area (Å²) in [5.74, 6) is -0.656. The van der Waals surface area contributed by atoms with Gasteiger partial charge < -0.3 is 9.47 Å². The zero-order valence-electron chi connectivity index (χ0n) is 12.8. The number of thiazole rings is 1. The van der Waals surface area contributed by atoms with Crippen molar-refractivity contribution in [1.82, 2.24) is 4.98 Å². The summed E-state index contributed by atoms with van der Waals surface area (Å²) in [7, 11) is 0. The number of para-hydroxylation sites is 1. The number of ether oxygens (including phenoxy) is 2. The van der Waals surface area contributed by atoms with E-state index in [0.29, 0.717) is 10.6 Å². The van der Waals surface area contributed by atoms with E-state index in [4.69, 9.17) is 21.1 Å². The maximum Gasteiger partial charge on any atom is 0.308 e. The smallest absolute Gasteiger partial charge is 0.308 e. The Bertz CT molecular complexity index is 918. The third-order valence-corrected chi connectivity index (χ3v) is 4.43. The molecule has 0 bridgehead atoms. The number of nitrogens with zero attached hydrogens (tertiary/aromatic N) is 1. The summed E-state index contributed by atoms with van der Waals surface area (Å²) >= 11 is 7.58. The molecule has 0 N–H and O–H groups in total. The second-order valence-electron chi connectivity index (χ2n) is 4.92. The highest BCUT2D eigenvalue weighted by Crippen LogP contribution is 2.45. The van der Waals surface area contributed by atoms with E-state index in [1.54, 1.807) is 6.07 Å². The lowest BCUT2D eigenvalue weighted by Crippen LogP contribution is -2.07. The van der Waals surface area contributed by atoms with Crippen LogP contribution in [0.1, 0.15) is 13.8 Å². The van der Waals surface area contributed by atoms with Crippen molar-refractivity contribution < 1.29 is 19.1 Å². The molecule has 0 saturated carbocycles. The van der Waals surface area contributed by atoms with Crippen molar-refractivity contribution >= 4 is 45.1 Å². The van der Waals surface area contributed by atoms with Crippen LogP contribution in [0.2, 0.25) is 5.02 Å². The molecule has 0 fully saturated rings. The van der Waals surface area contributed by atoms with Crippen LogP contribution in [0.25, 0.3) is 20.8 Å². The van der Waals surface area contributed by atoms with E-state index in [1.165, 1.54) is 31.3 Å². The Hall–Kier alpha value is -2.44. The minimum Gasteiger partial charge on any atom is -0.426 e. The lowest BCUT2D eigenvalue weighted by Gasteiger charge is -2.13. The zero-order valence-corrected chi connectivity index (χ0v) is 14.4. The molecule has 0 spiro atoms. The Morgan fingerprint density at radius 1 is 1.04 bits per heavy atom. The molecule has 5 nitrogen and oxygen atoms in total. The number of benzene rings is 2. The molecule has 2 aromatic carbocycles. The van der Waals surface area contributed by atoms with E-state index in [0.717, 1.165) is 10.2 Å². The van der Waals surface area contributed by atoms with Gasteiger partial charge in [0.1, 0.15) is 10.8 Å². The molecule has 1 heterocycles. The summed E-state index contributed by atoms with van der Waals surface area (Å²) in [4.78, 5) is 27.4. The fourth-order valence-corrected chi connectivity index (χ4v) is 3.41. The maximum atomic E-state index is 11.4. The highest BCUT2D eigenvalue weighted by molar-refractivity contribution is 7.21. The van der Waals surface area contributed by atoms with Crippen LogP contribution in [0, 0.1) is 0 Å². The third kappa shape index (κ3) is 3.25. The maximum absolute atomic E-state index is 11.4. The van der Waals surface area contributed by atoms with Gasteiger partial charge in [0.05, 0.1) is 20.8 Å². The second-order valence-corrected chi connectivity index (χ2v) is 6.36. The molecule has 122 valence electrons. The monoisotopic (exact) mass is 361 g/mol. The number of fused-ring (bicyclic) bond motifs is 1. The summed E-state index contributed by atoms with van der Waals surface area (Å²) in [6.45, 7) is 2.57. The zero-order chi connectivity index (χ0) is 17.3. The molecular formula is C17H12ClNO4S. The molecule has 0 atom stereocenters. The first kappa shape index (κ1) is 16.4. The summed E-state index contributed by atoms with van der Waals surface area (Å²) in [5.41, 5.74) is 1.18. The predicted molar refractivity (Wildman–Crippen MR) is 92.7 cm³/mol. The Labute approximate surface area is 146 Å². The van der Waals surface area contributed by atoms with Crippen LogP contribution < -0.4 is 9.47 Å². The van der Waals surface area contributed by atoms with Gasteiger partial charge in [-0.2, -0.15) is 0 Å². The standard InChI is InChI=1S/C17H12ClNO4S/c1-9(20)22-13-8-7-11(18)16(23-10(2)21)15(13)17-19-12-5-3-4-6-14(12)24-17/h3-8H,1-2H3. The average molecular weight is 362 g/mol. The first-order chi connectivity index (χ1) is 11.5. The Kier molecular flexibility index (Phi) is 4.51. The van der Waals surface area contributed by atoms with Crippen LogP contribution in [-0.2, 0) is 9.59 Å². The van der Waals surface area contributed by atoms with Crippen LogP contribution in [0.4, 0.5) is 0 Å². The fraction of sp³-hybridized carbons (Fsp3) is 0.118. The Balaban J connectivity index is 2.26. The van der Waals surface area contributed by atoms with E-state index >= 15 is 0 Å². The van der Waals surface area contributed by atoms with Crippen molar-refractivity contribution in [3.8, 4) is 22.1 Å². The van der Waals surface area contributed by atoms with Gasteiger partial charge >= 0.3 is 11.9 Å². The number of carbonyl (C=O) groups excluding carboxylic acids is 2. The number of esters is 2. The largest absolute Gasteiger partial charge is 0.426 e. The SMILES string of the molecule is CC(=O)Oc1ccc(Cl)c(OC(C)=O)c1-c1nc2ccccc2s1. The van der Waals surface area contributed by atoms with Gasteiger partial charge in [-0.15, -0.1) is 11.3 Å². The van der Waals surface area contributed by atoms with E-state index in [-0.39, 0.29) is 16.5 Å². The van der Waals surface area contributed by atoms with Crippen LogP contribution in [-0.4, -0.2) is 16.9 Å². The van der Waals surface area contributed by atoms with E-state index in [1.807, 2.05) is 24.3 Å². The molecule has 3 rings (SSSR count). The van der Waals surface area contributed by atoms with Gasteiger partial charge in [0, 0.05) is 13.8 Å². The van der Waals surface area contributed by atoms with Gasteiger partial charge in [-0.25, -0.2) is 4.98 Å². The molecule has 0 unspecified atom stereocenters. The lowest BCUT2D eigenvalue weighted by molar-refractivity contribution is -0.132. The van der Waals surface area contributed by atoms with Crippen LogP contribution in [0.3, 0.4) is 0 Å². The number of halogens is 1. The minimum absolute atomic E-state index is 0.127. The minimum atomic E-state index is -0.528. The van der Waals surface area contributed by atoms with E-state index in [9.17, 15) is 9.59 Å². The summed E-state index contributed by atoms with van der Waals surface area (Å²) in [5, 5.41) is 0.779. The average Bonchev–Trinajstić information content (AvgIpc) is 2.93. The van der Waals surface area contributed by atoms with Gasteiger partial charge in [0.25, 0.3) is 0 Å². The van der Waals surface area contributed by atoms with Crippen LogP contribution >= 0.6 is 22.9 Å². The molecule has 0 amide bonds. The number of aromatic nitrogens is 1. The van der Waals surface area contributed by atoms with Crippen molar-refractivity contribution in [2.45, 2.75) is 13.8 Å². The quantitative estimate of drug-likeness (QED) is 0.508. The molecule has 1 aromatic heterocycles. The lowest BCUT2D eigenvalue weighted by atomic mass is 10.2. The van der Waals surface area contributed by atoms with Gasteiger partial charge in [0.15, 0.2) is 5.75 Å². The Morgan fingerprint density at radius 2 is 1.75 bits per heavy atom. The highest BCUT2D eigenvalue weighted by Gasteiger charge is 2.22. The van der Waals surface area contributed by atoms with Crippen LogP contribution in [0.5, 0.6) is 11.5 Å². The number of hydrogen-bond donors (Lipinski definition) is 0. The highest BCUT2D eigenvalue weighted by atomic mass is 35.5. The molecule has 0 saturated heterocycles. The molecule has 7 heteroatoms. The van der Waals surface area contributed by atoms with Gasteiger partial charge in [0.2, 0.25) is 0 Å². The predicted octanol–water partition coefficient (Wildman–Crippen LogP) is 4.47. The van der Waals surface area contributed by atoms with E-state index < -0.39 is 11.9 Å². The third-order valence-electron chi connectivity index (χ3n) is 3.08. The summed E-state index contributed by atoms with van der Waals surface area (Å²) in [6.07, 6.45) is 0. The number of rotatable bonds is 3. The molecule has 3 aromatic rings. The summed E-state index contributed by atoms with van der Waals surface area (Å²) in [6, 6.07) is 10.6. The molecule has 0 aliphatic heterocycles. The van der Waals surface area contributed by atoms with Crippen molar-refractivity contribution in [3.63, 3.8) is 0 Å². The van der Waals surface area contributed by atoms with Gasteiger partial charge in [-0.05, 0) is 24.3 Å². The summed E-state index contributed by atoms with van der Waals surface area (Å²) < 4.78 is 11.5. The van der Waals surface area contributed by atoms with Crippen molar-refractivity contribution in [2.24, 2.45) is 0 Å². The van der Waals surface area contributed by atoms with Gasteiger partial charge in [-0.1, -0.05) is 23.7 Å². The molecule has 24 heavy (non-hydrogen) atoms. The second kappa shape index (κ2) is 6.59. The number of hydrogen-bond acceptors (Lipinski definition) is 6. The fourth-order valence-electron chi connectivity index (χ4n) is 2.20. The first-order valence-corrected chi connectivity index (χ1v) is 8.20. The van der Waals surface area contributed by atoms with Crippen LogP contribution in [0.15, 0.2) is 36.4 Å². The van der Waals surface area contributed by atoms with Crippen molar-refractivity contribution in [3.05, 3.63) is 41.4 Å². The Morgan fingerprint density at radius 3 is 2.42 bits per heavy atom.